The van der Waals surface area contributed by atoms with Gasteiger partial charge in [0.25, 0.3) is 0 Å². The third kappa shape index (κ3) is 6.13. The third-order valence-electron chi connectivity index (χ3n) is 3.41. The van der Waals surface area contributed by atoms with Crippen LogP contribution in [0.4, 0.5) is 0 Å². The van der Waals surface area contributed by atoms with E-state index in [-0.39, 0.29) is 0 Å². The fourth-order valence-electron chi connectivity index (χ4n) is 2.34. The Balaban J connectivity index is 2.07. The summed E-state index contributed by atoms with van der Waals surface area (Å²) >= 11 is 0. The van der Waals surface area contributed by atoms with Crippen molar-refractivity contribution in [2.75, 3.05) is 45.5 Å². The van der Waals surface area contributed by atoms with E-state index in [2.05, 4.69) is 10.6 Å². The molecule has 0 bridgehead atoms. The van der Waals surface area contributed by atoms with E-state index in [4.69, 9.17) is 0 Å². The lowest BCUT2D eigenvalue weighted by atomic mass is 10.00. The van der Waals surface area contributed by atoms with Crippen LogP contribution in [-0.2, 0) is 10.0 Å². The highest BCUT2D eigenvalue weighted by molar-refractivity contribution is 7.88. The molecule has 2 N–H and O–H groups in total. The molecular formula is C12H27N3O2S. The second kappa shape index (κ2) is 8.09. The maximum absolute atomic E-state index is 11.4. The monoisotopic (exact) mass is 277 g/mol. The molecule has 1 unspecified atom stereocenters. The van der Waals surface area contributed by atoms with E-state index < -0.39 is 10.0 Å². The molecule has 0 aromatic carbocycles. The molecule has 1 aliphatic rings. The molecule has 0 aromatic rings. The zero-order valence-electron chi connectivity index (χ0n) is 11.6. The smallest absolute Gasteiger partial charge is 0.211 e. The van der Waals surface area contributed by atoms with Crippen LogP contribution in [0, 0.1) is 5.92 Å². The van der Waals surface area contributed by atoms with Crippen LogP contribution in [0.1, 0.15) is 26.2 Å². The molecule has 1 aliphatic heterocycles. The summed E-state index contributed by atoms with van der Waals surface area (Å²) in [6.07, 6.45) is 4.72. The van der Waals surface area contributed by atoms with E-state index in [1.807, 2.05) is 6.92 Å². The normalized spacial score (nSPS) is 21.4. The highest BCUT2D eigenvalue weighted by Crippen LogP contribution is 2.08. The predicted molar refractivity (Wildman–Crippen MR) is 75.2 cm³/mol. The predicted octanol–water partition coefficient (Wildman–Crippen LogP) is 0.247. The van der Waals surface area contributed by atoms with E-state index in [0.717, 1.165) is 38.5 Å². The first kappa shape index (κ1) is 15.9. The van der Waals surface area contributed by atoms with Crippen LogP contribution >= 0.6 is 0 Å². The number of nitrogens with zero attached hydrogens (tertiary/aromatic N) is 1. The molecule has 0 spiro atoms. The number of rotatable bonds is 8. The van der Waals surface area contributed by atoms with Gasteiger partial charge in [-0.1, -0.05) is 6.92 Å². The summed E-state index contributed by atoms with van der Waals surface area (Å²) in [5.74, 6) is 0.732. The Morgan fingerprint density at radius 1 is 1.44 bits per heavy atom. The van der Waals surface area contributed by atoms with Crippen LogP contribution in [0.2, 0.25) is 0 Å². The van der Waals surface area contributed by atoms with E-state index in [9.17, 15) is 8.42 Å². The van der Waals surface area contributed by atoms with Gasteiger partial charge in [-0.05, 0) is 51.4 Å². The van der Waals surface area contributed by atoms with Gasteiger partial charge in [-0.15, -0.1) is 0 Å². The Morgan fingerprint density at radius 3 is 2.78 bits per heavy atom. The molecule has 5 nitrogen and oxygen atoms in total. The lowest BCUT2D eigenvalue weighted by Gasteiger charge is -2.23. The fraction of sp³-hybridized carbons (Fsp3) is 1.00. The second-order valence-corrected chi connectivity index (χ2v) is 7.01. The summed E-state index contributed by atoms with van der Waals surface area (Å²) in [6.45, 7) is 7.24. The van der Waals surface area contributed by atoms with Gasteiger partial charge in [0.1, 0.15) is 0 Å². The van der Waals surface area contributed by atoms with Crippen LogP contribution in [0.15, 0.2) is 0 Å². The number of hydrogen-bond acceptors (Lipinski definition) is 4. The molecular weight excluding hydrogens is 250 g/mol. The third-order valence-corrected chi connectivity index (χ3v) is 4.79. The van der Waals surface area contributed by atoms with Gasteiger partial charge in [0.2, 0.25) is 10.0 Å². The minimum atomic E-state index is -3.03. The van der Waals surface area contributed by atoms with Crippen LogP contribution < -0.4 is 10.6 Å². The van der Waals surface area contributed by atoms with Crippen molar-refractivity contribution in [2.24, 2.45) is 5.92 Å². The lowest BCUT2D eigenvalue weighted by molar-refractivity contribution is 0.354. The van der Waals surface area contributed by atoms with Crippen molar-refractivity contribution in [2.45, 2.75) is 26.2 Å². The Kier molecular flexibility index (Phi) is 7.14. The molecule has 1 rings (SSSR count). The van der Waals surface area contributed by atoms with Crippen LogP contribution in [0.3, 0.4) is 0 Å². The van der Waals surface area contributed by atoms with E-state index in [1.165, 1.54) is 23.4 Å². The van der Waals surface area contributed by atoms with Crippen molar-refractivity contribution in [3.63, 3.8) is 0 Å². The molecule has 1 fully saturated rings. The maximum Gasteiger partial charge on any atom is 0.211 e. The Hall–Kier alpha value is -0.170. The average molecular weight is 277 g/mol. The van der Waals surface area contributed by atoms with Gasteiger partial charge >= 0.3 is 0 Å². The van der Waals surface area contributed by atoms with Gasteiger partial charge in [0.05, 0.1) is 6.26 Å². The zero-order valence-corrected chi connectivity index (χ0v) is 12.4. The zero-order chi connectivity index (χ0) is 13.4. The largest absolute Gasteiger partial charge is 0.316 e. The van der Waals surface area contributed by atoms with Crippen LogP contribution in [0.5, 0.6) is 0 Å². The molecule has 18 heavy (non-hydrogen) atoms. The Morgan fingerprint density at radius 2 is 2.22 bits per heavy atom. The minimum absolute atomic E-state index is 0.561. The average Bonchev–Trinajstić information content (AvgIpc) is 2.33. The van der Waals surface area contributed by atoms with Gasteiger partial charge < -0.3 is 10.6 Å². The number of nitrogens with one attached hydrogen (secondary N) is 2. The topological polar surface area (TPSA) is 61.4 Å². The van der Waals surface area contributed by atoms with E-state index in [1.54, 1.807) is 0 Å². The molecule has 0 radical (unpaired) electrons. The molecule has 0 aliphatic carbocycles. The molecule has 108 valence electrons. The van der Waals surface area contributed by atoms with Gasteiger partial charge in [0, 0.05) is 13.1 Å². The van der Waals surface area contributed by atoms with Crippen LogP contribution in [-0.4, -0.2) is 58.2 Å². The summed E-state index contributed by atoms with van der Waals surface area (Å²) in [5, 5.41) is 6.82. The highest BCUT2D eigenvalue weighted by atomic mass is 32.2. The summed E-state index contributed by atoms with van der Waals surface area (Å²) in [7, 11) is -3.03. The van der Waals surface area contributed by atoms with Gasteiger partial charge in [-0.25, -0.2) is 12.7 Å². The van der Waals surface area contributed by atoms with Crippen LogP contribution in [0.25, 0.3) is 0 Å². The molecule has 0 aromatic heterocycles. The van der Waals surface area contributed by atoms with E-state index in [0.29, 0.717) is 13.1 Å². The quantitative estimate of drug-likeness (QED) is 0.624. The molecule has 1 saturated heterocycles. The fourth-order valence-corrected chi connectivity index (χ4v) is 3.27. The van der Waals surface area contributed by atoms with Crippen molar-refractivity contribution in [1.82, 2.24) is 14.9 Å². The van der Waals surface area contributed by atoms with Crippen molar-refractivity contribution >= 4 is 10.0 Å². The van der Waals surface area contributed by atoms with Crippen molar-refractivity contribution in [3.05, 3.63) is 0 Å². The number of hydrogen-bond donors (Lipinski definition) is 2. The van der Waals surface area contributed by atoms with Crippen molar-refractivity contribution < 1.29 is 8.42 Å². The molecule has 6 heteroatoms. The SMILES string of the molecule is CCN(CCCNCC1CCCNC1)S(C)(=O)=O. The summed E-state index contributed by atoms with van der Waals surface area (Å²) in [5.41, 5.74) is 0. The lowest BCUT2D eigenvalue weighted by Crippen LogP contribution is -2.37. The number of sulfonamides is 1. The van der Waals surface area contributed by atoms with Gasteiger partial charge in [-0.2, -0.15) is 0 Å². The van der Waals surface area contributed by atoms with Gasteiger partial charge in [-0.3, -0.25) is 0 Å². The summed E-state index contributed by atoms with van der Waals surface area (Å²) < 4.78 is 24.3. The standard InChI is InChI=1S/C12H27N3O2S/c1-3-15(18(2,16)17)9-5-8-14-11-12-6-4-7-13-10-12/h12-14H,3-11H2,1-2H3. The summed E-state index contributed by atoms with van der Waals surface area (Å²) in [4.78, 5) is 0. The van der Waals surface area contributed by atoms with E-state index >= 15 is 0 Å². The second-order valence-electron chi connectivity index (χ2n) is 5.02. The Bertz CT molecular complexity index is 313. The maximum atomic E-state index is 11.4. The van der Waals surface area contributed by atoms with Crippen molar-refractivity contribution in [1.29, 1.82) is 0 Å². The first-order valence-electron chi connectivity index (χ1n) is 6.90. The molecule has 1 atom stereocenters. The first-order chi connectivity index (χ1) is 8.54. The first-order valence-corrected chi connectivity index (χ1v) is 8.75. The molecule has 1 heterocycles. The summed E-state index contributed by atoms with van der Waals surface area (Å²) in [6, 6.07) is 0. The van der Waals surface area contributed by atoms with Crippen molar-refractivity contribution in [3.8, 4) is 0 Å². The number of piperidine rings is 1. The Labute approximate surface area is 111 Å². The minimum Gasteiger partial charge on any atom is -0.316 e. The molecule has 0 saturated carbocycles. The highest BCUT2D eigenvalue weighted by Gasteiger charge is 2.14. The van der Waals surface area contributed by atoms with Gasteiger partial charge in [0.15, 0.2) is 0 Å². The molecule has 0 amide bonds.